The lowest BCUT2D eigenvalue weighted by Crippen LogP contribution is -2.22. The van der Waals surface area contributed by atoms with E-state index in [1.54, 1.807) is 0 Å². The summed E-state index contributed by atoms with van der Waals surface area (Å²) >= 11 is 7.81. The topological polar surface area (TPSA) is 79.5 Å². The number of furan rings is 1. The number of rotatable bonds is 5. The summed E-state index contributed by atoms with van der Waals surface area (Å²) in [5.41, 5.74) is 0. The molecule has 0 spiro atoms. The molecule has 5 nitrogen and oxygen atoms in total. The molecule has 0 aromatic carbocycles. The van der Waals surface area contributed by atoms with Crippen LogP contribution in [0.2, 0.25) is 0 Å². The van der Waals surface area contributed by atoms with Gasteiger partial charge in [-0.3, -0.25) is 0 Å². The molecule has 0 saturated heterocycles. The number of hydrogen-bond donors (Lipinski definition) is 2. The van der Waals surface area contributed by atoms with E-state index in [4.69, 9.17) is 9.52 Å². The van der Waals surface area contributed by atoms with Gasteiger partial charge in [0.2, 0.25) is 10.0 Å². The van der Waals surface area contributed by atoms with Crippen molar-refractivity contribution in [3.63, 3.8) is 0 Å². The van der Waals surface area contributed by atoms with Crippen LogP contribution in [0.3, 0.4) is 0 Å². The maximum Gasteiger partial charge on any atom is 0.245 e. The predicted molar refractivity (Wildman–Crippen MR) is 78.4 cm³/mol. The van der Waals surface area contributed by atoms with Crippen LogP contribution < -0.4 is 4.72 Å². The van der Waals surface area contributed by atoms with E-state index in [2.05, 4.69) is 36.6 Å². The molecular formula is C10H9Br2NO4S2. The van der Waals surface area contributed by atoms with Crippen LogP contribution in [0.5, 0.6) is 0 Å². The Morgan fingerprint density at radius 2 is 2.16 bits per heavy atom. The summed E-state index contributed by atoms with van der Waals surface area (Å²) < 4.78 is 32.7. The van der Waals surface area contributed by atoms with E-state index in [0.717, 1.165) is 9.35 Å². The Morgan fingerprint density at radius 1 is 1.42 bits per heavy atom. The lowest BCUT2D eigenvalue weighted by molar-refractivity contribution is 0.245. The minimum atomic E-state index is -3.69. The number of aliphatic hydroxyl groups excluding tert-OH is 1. The summed E-state index contributed by atoms with van der Waals surface area (Å²) in [5, 5.41) is 10.8. The highest BCUT2D eigenvalue weighted by molar-refractivity contribution is 9.10. The number of aliphatic hydroxyl groups is 1. The van der Waals surface area contributed by atoms with Gasteiger partial charge in [-0.2, -0.15) is 0 Å². The fraction of sp³-hybridized carbons (Fsp3) is 0.200. The number of nitrogens with one attached hydrogen (secondary N) is 1. The normalized spacial score (nSPS) is 11.9. The third-order valence-corrected chi connectivity index (χ3v) is 6.45. The average Bonchev–Trinajstić information content (AvgIpc) is 2.93. The van der Waals surface area contributed by atoms with Gasteiger partial charge in [-0.1, -0.05) is 0 Å². The molecule has 2 heterocycles. The lowest BCUT2D eigenvalue weighted by atomic mass is 10.5. The molecule has 2 aromatic rings. The first-order valence-electron chi connectivity index (χ1n) is 5.04. The van der Waals surface area contributed by atoms with Crippen molar-refractivity contribution in [1.29, 1.82) is 0 Å². The van der Waals surface area contributed by atoms with Crippen LogP contribution in [-0.2, 0) is 23.2 Å². The second-order valence-electron chi connectivity index (χ2n) is 3.53. The zero-order valence-electron chi connectivity index (χ0n) is 9.39. The highest BCUT2D eigenvalue weighted by Gasteiger charge is 2.22. The molecule has 2 aromatic heterocycles. The molecule has 0 bridgehead atoms. The van der Waals surface area contributed by atoms with Gasteiger partial charge in [-0.05, 0) is 43.3 Å². The zero-order chi connectivity index (χ0) is 14.0. The Balaban J connectivity index is 2.18. The van der Waals surface area contributed by atoms with Crippen LogP contribution in [0, 0.1) is 0 Å². The molecule has 0 saturated carbocycles. The second kappa shape index (κ2) is 6.06. The molecule has 0 aliphatic rings. The maximum atomic E-state index is 12.1. The van der Waals surface area contributed by atoms with Crippen molar-refractivity contribution in [2.45, 2.75) is 18.0 Å². The number of thiophene rings is 1. The van der Waals surface area contributed by atoms with Gasteiger partial charge in [0.25, 0.3) is 0 Å². The first-order valence-corrected chi connectivity index (χ1v) is 8.99. The second-order valence-corrected chi connectivity index (χ2v) is 7.84. The molecule has 2 rings (SSSR count). The van der Waals surface area contributed by atoms with Crippen LogP contribution in [0.1, 0.15) is 10.6 Å². The summed E-state index contributed by atoms with van der Waals surface area (Å²) in [6, 6.07) is 3.14. The Morgan fingerprint density at radius 3 is 2.68 bits per heavy atom. The van der Waals surface area contributed by atoms with Gasteiger partial charge in [-0.25, -0.2) is 13.1 Å². The predicted octanol–water partition coefficient (Wildman–Crippen LogP) is 2.84. The van der Waals surface area contributed by atoms with Gasteiger partial charge < -0.3 is 9.52 Å². The SMILES string of the molecule is O=S(=O)(NCc1sccc1Br)c1cc(CO)oc1Br. The monoisotopic (exact) mass is 429 g/mol. The van der Waals surface area contributed by atoms with E-state index in [1.807, 2.05) is 11.4 Å². The summed E-state index contributed by atoms with van der Waals surface area (Å²) in [6.45, 7) is -0.169. The van der Waals surface area contributed by atoms with Crippen molar-refractivity contribution < 1.29 is 17.9 Å². The van der Waals surface area contributed by atoms with Crippen LogP contribution in [0.25, 0.3) is 0 Å². The first kappa shape index (κ1) is 15.2. The minimum Gasteiger partial charge on any atom is -0.450 e. The van der Waals surface area contributed by atoms with Crippen LogP contribution >= 0.6 is 43.2 Å². The van der Waals surface area contributed by atoms with Crippen molar-refractivity contribution >= 4 is 53.2 Å². The summed E-state index contributed by atoms with van der Waals surface area (Å²) in [4.78, 5) is 0.856. The van der Waals surface area contributed by atoms with Crippen molar-refractivity contribution in [3.8, 4) is 0 Å². The molecule has 0 aliphatic carbocycles. The standard InChI is InChI=1S/C10H9Br2NO4S2/c11-7-1-2-18-8(7)4-13-19(15,16)9-3-6(5-14)17-10(9)12/h1-3,13-14H,4-5H2. The van der Waals surface area contributed by atoms with Crippen molar-refractivity contribution in [3.05, 3.63) is 37.3 Å². The van der Waals surface area contributed by atoms with Gasteiger partial charge in [0.15, 0.2) is 4.67 Å². The van der Waals surface area contributed by atoms with E-state index < -0.39 is 10.0 Å². The largest absolute Gasteiger partial charge is 0.450 e. The van der Waals surface area contributed by atoms with E-state index >= 15 is 0 Å². The van der Waals surface area contributed by atoms with Crippen molar-refractivity contribution in [2.24, 2.45) is 0 Å². The molecule has 0 radical (unpaired) electrons. The molecule has 0 amide bonds. The molecule has 0 unspecified atom stereocenters. The molecular weight excluding hydrogens is 422 g/mol. The van der Waals surface area contributed by atoms with Crippen LogP contribution in [0.15, 0.2) is 36.0 Å². The highest BCUT2D eigenvalue weighted by atomic mass is 79.9. The average molecular weight is 431 g/mol. The number of sulfonamides is 1. The summed E-state index contributed by atoms with van der Waals surface area (Å²) in [5.74, 6) is 0.185. The molecule has 2 N–H and O–H groups in total. The summed E-state index contributed by atoms with van der Waals surface area (Å²) in [7, 11) is -3.69. The fourth-order valence-corrected chi connectivity index (χ4v) is 4.86. The smallest absolute Gasteiger partial charge is 0.245 e. The van der Waals surface area contributed by atoms with E-state index in [0.29, 0.717) is 0 Å². The number of hydrogen-bond acceptors (Lipinski definition) is 5. The molecule has 104 valence electrons. The highest BCUT2D eigenvalue weighted by Crippen LogP contribution is 2.27. The summed E-state index contributed by atoms with van der Waals surface area (Å²) in [6.07, 6.45) is 0. The Labute approximate surface area is 130 Å². The van der Waals surface area contributed by atoms with Gasteiger partial charge >= 0.3 is 0 Å². The quantitative estimate of drug-likeness (QED) is 0.764. The van der Waals surface area contributed by atoms with Gasteiger partial charge in [0, 0.05) is 22.0 Å². The Bertz CT molecular complexity index is 678. The Hall–Kier alpha value is -0.190. The van der Waals surface area contributed by atoms with Crippen LogP contribution in [-0.4, -0.2) is 13.5 Å². The molecule has 0 aliphatic heterocycles. The molecule has 0 fully saturated rings. The third kappa shape index (κ3) is 3.47. The van der Waals surface area contributed by atoms with E-state index in [1.165, 1.54) is 17.4 Å². The van der Waals surface area contributed by atoms with Crippen LogP contribution in [0.4, 0.5) is 0 Å². The van der Waals surface area contributed by atoms with E-state index in [9.17, 15) is 8.42 Å². The van der Waals surface area contributed by atoms with Crippen molar-refractivity contribution in [1.82, 2.24) is 4.72 Å². The lowest BCUT2D eigenvalue weighted by Gasteiger charge is -2.04. The molecule has 0 atom stereocenters. The maximum absolute atomic E-state index is 12.1. The van der Waals surface area contributed by atoms with Gasteiger partial charge in [-0.15, -0.1) is 11.3 Å². The molecule has 9 heteroatoms. The third-order valence-electron chi connectivity index (χ3n) is 2.27. The number of halogens is 2. The first-order chi connectivity index (χ1) is 8.94. The van der Waals surface area contributed by atoms with Crippen molar-refractivity contribution in [2.75, 3.05) is 0 Å². The Kier molecular flexibility index (Phi) is 4.85. The fourth-order valence-electron chi connectivity index (χ4n) is 1.35. The zero-order valence-corrected chi connectivity index (χ0v) is 14.2. The molecule has 19 heavy (non-hydrogen) atoms. The van der Waals surface area contributed by atoms with Gasteiger partial charge in [0.1, 0.15) is 17.3 Å². The van der Waals surface area contributed by atoms with Gasteiger partial charge in [0.05, 0.1) is 0 Å². The minimum absolute atomic E-state index is 0.0239. The van der Waals surface area contributed by atoms with E-state index in [-0.39, 0.29) is 28.5 Å².